The molecular weight excluding hydrogens is 268 g/mol. The minimum Gasteiger partial charge on any atom is -0.469 e. The molecule has 1 N–H and O–H groups in total. The molecule has 0 unspecified atom stereocenters. The van der Waals surface area contributed by atoms with E-state index < -0.39 is 0 Å². The van der Waals surface area contributed by atoms with Crippen LogP contribution >= 0.6 is 11.8 Å². The highest BCUT2D eigenvalue weighted by Crippen LogP contribution is 2.19. The Morgan fingerprint density at radius 1 is 1.42 bits per heavy atom. The van der Waals surface area contributed by atoms with Gasteiger partial charge in [0.2, 0.25) is 5.91 Å². The average Bonchev–Trinajstić information content (AvgIpc) is 2.70. The number of hydrogen-bond acceptors (Lipinski definition) is 6. The zero-order chi connectivity index (χ0) is 14.3. The maximum atomic E-state index is 11.5. The summed E-state index contributed by atoms with van der Waals surface area (Å²) in [6, 6.07) is 0. The molecule has 0 bridgehead atoms. The number of carbonyl (C=O) groups is 2. The molecule has 1 rings (SSSR count). The van der Waals surface area contributed by atoms with Gasteiger partial charge >= 0.3 is 5.97 Å². The second-order valence-corrected chi connectivity index (χ2v) is 4.96. The molecule has 6 nitrogen and oxygen atoms in total. The van der Waals surface area contributed by atoms with E-state index in [0.29, 0.717) is 18.1 Å². The number of aryl methyl sites for hydroxylation is 2. The molecule has 1 amide bonds. The van der Waals surface area contributed by atoms with E-state index in [4.69, 9.17) is 4.52 Å². The summed E-state index contributed by atoms with van der Waals surface area (Å²) in [4.78, 5) is 22.3. The van der Waals surface area contributed by atoms with Crippen LogP contribution in [0.5, 0.6) is 0 Å². The van der Waals surface area contributed by atoms with E-state index in [2.05, 4.69) is 15.2 Å². The summed E-state index contributed by atoms with van der Waals surface area (Å²) < 4.78 is 9.52. The van der Waals surface area contributed by atoms with E-state index in [1.807, 2.05) is 13.8 Å². The fourth-order valence-corrected chi connectivity index (χ4v) is 2.42. The molecule has 1 heterocycles. The number of ether oxygens (including phenoxy) is 1. The zero-order valence-corrected chi connectivity index (χ0v) is 12.1. The van der Waals surface area contributed by atoms with Gasteiger partial charge in [-0.25, -0.2) is 0 Å². The van der Waals surface area contributed by atoms with Gasteiger partial charge in [0, 0.05) is 17.9 Å². The smallest absolute Gasteiger partial charge is 0.307 e. The summed E-state index contributed by atoms with van der Waals surface area (Å²) in [6.45, 7) is 4.03. The number of thioether (sulfide) groups is 1. The first-order valence-corrected chi connectivity index (χ1v) is 7.03. The van der Waals surface area contributed by atoms with Crippen molar-refractivity contribution in [1.82, 2.24) is 10.5 Å². The predicted molar refractivity (Wildman–Crippen MR) is 71.8 cm³/mol. The monoisotopic (exact) mass is 286 g/mol. The molecule has 7 heteroatoms. The third-order valence-corrected chi connectivity index (χ3v) is 3.50. The van der Waals surface area contributed by atoms with Gasteiger partial charge in [-0.3, -0.25) is 9.59 Å². The molecule has 1 aromatic heterocycles. The Morgan fingerprint density at radius 2 is 2.16 bits per heavy atom. The van der Waals surface area contributed by atoms with E-state index in [9.17, 15) is 9.59 Å². The molecule has 0 atom stereocenters. The van der Waals surface area contributed by atoms with Crippen LogP contribution in [0, 0.1) is 13.8 Å². The van der Waals surface area contributed by atoms with E-state index in [1.165, 1.54) is 18.9 Å². The maximum Gasteiger partial charge on any atom is 0.307 e. The molecule has 1 aromatic rings. The van der Waals surface area contributed by atoms with Crippen molar-refractivity contribution in [1.29, 1.82) is 0 Å². The molecule has 0 aromatic carbocycles. The molecule has 19 heavy (non-hydrogen) atoms. The summed E-state index contributed by atoms with van der Waals surface area (Å²) in [5.74, 6) is 1.39. The molecule has 106 valence electrons. The number of methoxy groups -OCH3 is 1. The quantitative estimate of drug-likeness (QED) is 0.759. The van der Waals surface area contributed by atoms with Crippen LogP contribution < -0.4 is 5.32 Å². The van der Waals surface area contributed by atoms with Crippen LogP contribution in [0.1, 0.15) is 23.4 Å². The van der Waals surface area contributed by atoms with Crippen LogP contribution in [0.15, 0.2) is 4.52 Å². The Hall–Kier alpha value is -1.50. The Balaban J connectivity index is 2.19. The Bertz CT molecular complexity index is 425. The summed E-state index contributed by atoms with van der Waals surface area (Å²) in [7, 11) is 1.32. The van der Waals surface area contributed by atoms with Crippen molar-refractivity contribution in [2.75, 3.05) is 19.4 Å². The third kappa shape index (κ3) is 5.34. The number of nitrogens with zero attached hydrogens (tertiary/aromatic N) is 1. The van der Waals surface area contributed by atoms with Gasteiger partial charge in [0.15, 0.2) is 0 Å². The number of amides is 1. The highest BCUT2D eigenvalue weighted by molar-refractivity contribution is 7.99. The number of carbonyl (C=O) groups excluding carboxylic acids is 2. The van der Waals surface area contributed by atoms with Gasteiger partial charge in [-0.2, -0.15) is 0 Å². The number of aromatic nitrogens is 1. The summed E-state index contributed by atoms with van der Waals surface area (Å²) in [5, 5.41) is 6.51. The van der Waals surface area contributed by atoms with Crippen LogP contribution in [-0.2, 0) is 20.1 Å². The number of rotatable bonds is 7. The topological polar surface area (TPSA) is 81.4 Å². The van der Waals surface area contributed by atoms with Gasteiger partial charge < -0.3 is 14.6 Å². The normalized spacial score (nSPS) is 10.3. The van der Waals surface area contributed by atoms with Crippen LogP contribution in [-0.4, -0.2) is 36.4 Å². The van der Waals surface area contributed by atoms with Gasteiger partial charge in [0.05, 0.1) is 25.0 Å². The van der Waals surface area contributed by atoms with Crippen molar-refractivity contribution >= 4 is 23.6 Å². The van der Waals surface area contributed by atoms with E-state index in [-0.39, 0.29) is 18.3 Å². The van der Waals surface area contributed by atoms with Crippen LogP contribution in [0.4, 0.5) is 0 Å². The summed E-state index contributed by atoms with van der Waals surface area (Å²) in [5.41, 5.74) is 1.89. The van der Waals surface area contributed by atoms with Crippen LogP contribution in [0.3, 0.4) is 0 Å². The number of esters is 1. The Labute approximate surface area is 116 Å². The fraction of sp³-hybridized carbons (Fsp3) is 0.583. The Kier molecular flexibility index (Phi) is 6.41. The lowest BCUT2D eigenvalue weighted by atomic mass is 10.2. The second kappa shape index (κ2) is 7.83. The number of hydrogen-bond donors (Lipinski definition) is 1. The molecule has 0 aliphatic carbocycles. The van der Waals surface area contributed by atoms with Crippen LogP contribution in [0.2, 0.25) is 0 Å². The molecule has 0 fully saturated rings. The second-order valence-electron chi connectivity index (χ2n) is 3.97. The lowest BCUT2D eigenvalue weighted by Crippen LogP contribution is -2.27. The molecular formula is C12H18N2O4S. The molecule has 0 aliphatic rings. The van der Waals surface area contributed by atoms with Gasteiger partial charge in [0.25, 0.3) is 0 Å². The SMILES string of the molecule is COC(=O)CCNC(=O)CSCc1c(C)noc1C. The molecule has 0 radical (unpaired) electrons. The molecule has 0 saturated carbocycles. The minimum atomic E-state index is -0.330. The summed E-state index contributed by atoms with van der Waals surface area (Å²) >= 11 is 1.48. The predicted octanol–water partition coefficient (Wildman–Crippen LogP) is 1.20. The van der Waals surface area contributed by atoms with Gasteiger partial charge in [-0.15, -0.1) is 11.8 Å². The van der Waals surface area contributed by atoms with E-state index in [1.54, 1.807) is 0 Å². The van der Waals surface area contributed by atoms with Crippen molar-refractivity contribution in [3.05, 3.63) is 17.0 Å². The maximum absolute atomic E-state index is 11.5. The standard InChI is InChI=1S/C12H18N2O4S/c1-8-10(9(2)18-14-8)6-19-7-11(15)13-5-4-12(16)17-3/h4-7H2,1-3H3,(H,13,15). The first-order valence-electron chi connectivity index (χ1n) is 5.87. The molecule has 0 saturated heterocycles. The van der Waals surface area contributed by atoms with Crippen molar-refractivity contribution in [3.63, 3.8) is 0 Å². The average molecular weight is 286 g/mol. The Morgan fingerprint density at radius 3 is 2.74 bits per heavy atom. The molecule has 0 aliphatic heterocycles. The first-order chi connectivity index (χ1) is 9.04. The van der Waals surface area contributed by atoms with E-state index in [0.717, 1.165) is 17.0 Å². The van der Waals surface area contributed by atoms with Gasteiger partial charge in [0.1, 0.15) is 5.76 Å². The highest BCUT2D eigenvalue weighted by atomic mass is 32.2. The van der Waals surface area contributed by atoms with Crippen molar-refractivity contribution < 1.29 is 18.8 Å². The van der Waals surface area contributed by atoms with E-state index >= 15 is 0 Å². The van der Waals surface area contributed by atoms with Crippen LogP contribution in [0.25, 0.3) is 0 Å². The molecule has 0 spiro atoms. The first kappa shape index (κ1) is 15.6. The zero-order valence-electron chi connectivity index (χ0n) is 11.3. The number of nitrogens with one attached hydrogen (secondary N) is 1. The van der Waals surface area contributed by atoms with Gasteiger partial charge in [-0.1, -0.05) is 5.16 Å². The largest absolute Gasteiger partial charge is 0.469 e. The fourth-order valence-electron chi connectivity index (χ4n) is 1.41. The van der Waals surface area contributed by atoms with Crippen molar-refractivity contribution in [2.24, 2.45) is 0 Å². The third-order valence-electron chi connectivity index (χ3n) is 2.54. The van der Waals surface area contributed by atoms with Gasteiger partial charge in [-0.05, 0) is 13.8 Å². The lowest BCUT2D eigenvalue weighted by Gasteiger charge is -2.04. The summed E-state index contributed by atoms with van der Waals surface area (Å²) in [6.07, 6.45) is 0.191. The lowest BCUT2D eigenvalue weighted by molar-refractivity contribution is -0.140. The van der Waals surface area contributed by atoms with Crippen molar-refractivity contribution in [2.45, 2.75) is 26.0 Å². The van der Waals surface area contributed by atoms with Crippen molar-refractivity contribution in [3.8, 4) is 0 Å². The highest BCUT2D eigenvalue weighted by Gasteiger charge is 2.10. The minimum absolute atomic E-state index is 0.0966.